The zero-order valence-electron chi connectivity index (χ0n) is 14.7. The van der Waals surface area contributed by atoms with E-state index in [-0.39, 0.29) is 24.7 Å². The lowest BCUT2D eigenvalue weighted by molar-refractivity contribution is -0.133. The van der Waals surface area contributed by atoms with Gasteiger partial charge in [0.2, 0.25) is 11.8 Å². The number of fused-ring (bicyclic) bond motifs is 1. The van der Waals surface area contributed by atoms with Crippen molar-refractivity contribution in [3.8, 4) is 11.3 Å². The Morgan fingerprint density at radius 1 is 1.11 bits per heavy atom. The molecule has 1 aliphatic rings. The largest absolute Gasteiger partial charge is 0.338 e. The Morgan fingerprint density at radius 2 is 1.96 bits per heavy atom. The number of amides is 2. The number of nitrogens with one attached hydrogen (secondary N) is 1. The SMILES string of the molecule is O=C(CCC(=O)N1CCc2sccc2C1)Nc1nc(-c2ccccc2)cs1. The van der Waals surface area contributed by atoms with Gasteiger partial charge in [-0.15, -0.1) is 22.7 Å². The fourth-order valence-corrected chi connectivity index (χ4v) is 4.72. The normalized spacial score (nSPS) is 13.3. The molecule has 1 aliphatic heterocycles. The van der Waals surface area contributed by atoms with Crippen LogP contribution in [0, 0.1) is 0 Å². The van der Waals surface area contributed by atoms with Crippen molar-refractivity contribution in [2.75, 3.05) is 11.9 Å². The van der Waals surface area contributed by atoms with Crippen LogP contribution in [0.2, 0.25) is 0 Å². The Kier molecular flexibility index (Phi) is 5.31. The molecule has 2 aromatic heterocycles. The van der Waals surface area contributed by atoms with E-state index >= 15 is 0 Å². The van der Waals surface area contributed by atoms with Crippen LogP contribution in [-0.4, -0.2) is 28.2 Å². The molecule has 0 atom stereocenters. The van der Waals surface area contributed by atoms with Gasteiger partial charge < -0.3 is 10.2 Å². The molecule has 2 amide bonds. The van der Waals surface area contributed by atoms with Gasteiger partial charge in [0.05, 0.1) is 5.69 Å². The second-order valence-corrected chi connectivity index (χ2v) is 8.25. The third-order valence-corrected chi connectivity index (χ3v) is 6.33. The molecule has 0 spiro atoms. The smallest absolute Gasteiger partial charge is 0.226 e. The Bertz CT molecular complexity index is 949. The summed E-state index contributed by atoms with van der Waals surface area (Å²) in [4.78, 5) is 32.3. The lowest BCUT2D eigenvalue weighted by atomic mass is 10.1. The molecule has 0 saturated carbocycles. The van der Waals surface area contributed by atoms with Gasteiger partial charge in [-0.05, 0) is 23.4 Å². The maximum Gasteiger partial charge on any atom is 0.226 e. The molecule has 4 rings (SSSR count). The number of thiazole rings is 1. The summed E-state index contributed by atoms with van der Waals surface area (Å²) in [6, 6.07) is 11.9. The molecule has 0 unspecified atom stereocenters. The van der Waals surface area contributed by atoms with Crippen molar-refractivity contribution in [2.45, 2.75) is 25.8 Å². The van der Waals surface area contributed by atoms with Crippen molar-refractivity contribution >= 4 is 39.6 Å². The molecule has 0 radical (unpaired) electrons. The topological polar surface area (TPSA) is 62.3 Å². The standard InChI is InChI=1S/C20H19N3O2S2/c24-18(22-20-21-16(13-27-20)14-4-2-1-3-5-14)6-7-19(25)23-10-8-17-15(12-23)9-11-26-17/h1-5,9,11,13H,6-8,10,12H2,(H,21,22,24). The first kappa shape index (κ1) is 17.9. The quantitative estimate of drug-likeness (QED) is 0.703. The average molecular weight is 398 g/mol. The highest BCUT2D eigenvalue weighted by Gasteiger charge is 2.21. The minimum absolute atomic E-state index is 0.0334. The van der Waals surface area contributed by atoms with Crippen LogP contribution in [0.4, 0.5) is 5.13 Å². The lowest BCUT2D eigenvalue weighted by Gasteiger charge is -2.27. The summed E-state index contributed by atoms with van der Waals surface area (Å²) in [6.07, 6.45) is 1.31. The highest BCUT2D eigenvalue weighted by atomic mass is 32.1. The molecule has 0 aliphatic carbocycles. The van der Waals surface area contributed by atoms with Crippen molar-refractivity contribution in [1.82, 2.24) is 9.88 Å². The Morgan fingerprint density at radius 3 is 2.81 bits per heavy atom. The molecule has 1 aromatic carbocycles. The van der Waals surface area contributed by atoms with E-state index in [2.05, 4.69) is 21.7 Å². The van der Waals surface area contributed by atoms with Crippen molar-refractivity contribution in [3.63, 3.8) is 0 Å². The summed E-state index contributed by atoms with van der Waals surface area (Å²) in [6.45, 7) is 1.40. The summed E-state index contributed by atoms with van der Waals surface area (Å²) in [7, 11) is 0. The van der Waals surface area contributed by atoms with Gasteiger partial charge in [-0.25, -0.2) is 4.98 Å². The second kappa shape index (κ2) is 8.02. The van der Waals surface area contributed by atoms with Gasteiger partial charge >= 0.3 is 0 Å². The van der Waals surface area contributed by atoms with E-state index in [4.69, 9.17) is 0 Å². The van der Waals surface area contributed by atoms with E-state index in [1.165, 1.54) is 21.8 Å². The molecule has 0 bridgehead atoms. The first-order valence-corrected chi connectivity index (χ1v) is 10.6. The number of carbonyl (C=O) groups excluding carboxylic acids is 2. The van der Waals surface area contributed by atoms with E-state index in [0.717, 1.165) is 24.2 Å². The van der Waals surface area contributed by atoms with Crippen LogP contribution in [0.1, 0.15) is 23.3 Å². The number of benzene rings is 1. The number of thiophene rings is 1. The van der Waals surface area contributed by atoms with Crippen LogP contribution in [-0.2, 0) is 22.6 Å². The molecule has 1 N–H and O–H groups in total. The second-order valence-electron chi connectivity index (χ2n) is 6.39. The van der Waals surface area contributed by atoms with Gasteiger partial charge in [0.25, 0.3) is 0 Å². The van der Waals surface area contributed by atoms with E-state index in [9.17, 15) is 9.59 Å². The molecule has 0 fully saturated rings. The minimum atomic E-state index is -0.175. The Hall–Kier alpha value is -2.51. The van der Waals surface area contributed by atoms with Crippen LogP contribution >= 0.6 is 22.7 Å². The minimum Gasteiger partial charge on any atom is -0.338 e. The van der Waals surface area contributed by atoms with Gasteiger partial charge in [-0.2, -0.15) is 0 Å². The molecule has 138 valence electrons. The van der Waals surface area contributed by atoms with E-state index in [0.29, 0.717) is 11.7 Å². The van der Waals surface area contributed by atoms with Crippen LogP contribution in [0.5, 0.6) is 0 Å². The van der Waals surface area contributed by atoms with E-state index < -0.39 is 0 Å². The van der Waals surface area contributed by atoms with Crippen LogP contribution < -0.4 is 5.32 Å². The number of carbonyl (C=O) groups is 2. The number of rotatable bonds is 5. The Balaban J connectivity index is 1.28. The molecule has 7 heteroatoms. The molecule has 5 nitrogen and oxygen atoms in total. The van der Waals surface area contributed by atoms with Crippen molar-refractivity contribution in [3.05, 3.63) is 57.6 Å². The summed E-state index contributed by atoms with van der Waals surface area (Å²) >= 11 is 3.14. The number of hydrogen-bond acceptors (Lipinski definition) is 5. The summed E-state index contributed by atoms with van der Waals surface area (Å²) in [5, 5.41) is 7.36. The molecule has 0 saturated heterocycles. The lowest BCUT2D eigenvalue weighted by Crippen LogP contribution is -2.35. The van der Waals surface area contributed by atoms with Crippen molar-refractivity contribution in [1.29, 1.82) is 0 Å². The van der Waals surface area contributed by atoms with Crippen molar-refractivity contribution in [2.24, 2.45) is 0 Å². The Labute approximate surface area is 165 Å². The first-order valence-electron chi connectivity index (χ1n) is 8.83. The third-order valence-electron chi connectivity index (χ3n) is 4.55. The molecule has 27 heavy (non-hydrogen) atoms. The number of aromatic nitrogens is 1. The number of anilines is 1. The predicted molar refractivity (Wildman–Crippen MR) is 109 cm³/mol. The van der Waals surface area contributed by atoms with Crippen LogP contribution in [0.15, 0.2) is 47.2 Å². The average Bonchev–Trinajstić information content (AvgIpc) is 3.35. The summed E-state index contributed by atoms with van der Waals surface area (Å²) < 4.78 is 0. The monoisotopic (exact) mass is 397 g/mol. The zero-order valence-corrected chi connectivity index (χ0v) is 16.3. The van der Waals surface area contributed by atoms with Gasteiger partial charge in [0, 0.05) is 41.8 Å². The number of hydrogen-bond donors (Lipinski definition) is 1. The van der Waals surface area contributed by atoms with Crippen LogP contribution in [0.3, 0.4) is 0 Å². The van der Waals surface area contributed by atoms with Crippen LogP contribution in [0.25, 0.3) is 11.3 Å². The molecule has 3 heterocycles. The van der Waals surface area contributed by atoms with E-state index in [1.807, 2.05) is 40.6 Å². The maximum atomic E-state index is 12.4. The summed E-state index contributed by atoms with van der Waals surface area (Å²) in [5.74, 6) is -0.142. The third kappa shape index (κ3) is 4.26. The zero-order chi connectivity index (χ0) is 18.6. The molecular weight excluding hydrogens is 378 g/mol. The number of nitrogens with zero attached hydrogens (tertiary/aromatic N) is 2. The highest BCUT2D eigenvalue weighted by Crippen LogP contribution is 2.26. The predicted octanol–water partition coefficient (Wildman–Crippen LogP) is 4.18. The fraction of sp³-hybridized carbons (Fsp3) is 0.250. The highest BCUT2D eigenvalue weighted by molar-refractivity contribution is 7.14. The van der Waals surface area contributed by atoms with Crippen molar-refractivity contribution < 1.29 is 9.59 Å². The van der Waals surface area contributed by atoms with Gasteiger partial charge in [0.15, 0.2) is 5.13 Å². The maximum absolute atomic E-state index is 12.4. The van der Waals surface area contributed by atoms with Gasteiger partial charge in [-0.1, -0.05) is 30.3 Å². The van der Waals surface area contributed by atoms with Gasteiger partial charge in [-0.3, -0.25) is 9.59 Å². The first-order chi connectivity index (χ1) is 13.2. The van der Waals surface area contributed by atoms with E-state index in [1.54, 1.807) is 11.3 Å². The molecular formula is C20H19N3O2S2. The molecule has 3 aromatic rings. The fourth-order valence-electron chi connectivity index (χ4n) is 3.09. The van der Waals surface area contributed by atoms with Gasteiger partial charge in [0.1, 0.15) is 0 Å². The summed E-state index contributed by atoms with van der Waals surface area (Å²) in [5.41, 5.74) is 3.09.